The Bertz CT molecular complexity index is 377. The molecule has 0 aliphatic carbocycles. The highest BCUT2D eigenvalue weighted by atomic mass is 79.9. The number of aromatic nitrogens is 2. The van der Waals surface area contributed by atoms with Crippen molar-refractivity contribution < 1.29 is 8.42 Å². The van der Waals surface area contributed by atoms with Crippen LogP contribution in [0.2, 0.25) is 0 Å². The van der Waals surface area contributed by atoms with Gasteiger partial charge in [-0.05, 0) is 6.42 Å². The average molecular weight is 296 g/mol. The summed E-state index contributed by atoms with van der Waals surface area (Å²) in [6, 6.07) is 0. The lowest BCUT2D eigenvalue weighted by molar-refractivity contribution is 0.428. The van der Waals surface area contributed by atoms with E-state index in [1.807, 2.05) is 6.92 Å². The van der Waals surface area contributed by atoms with E-state index in [0.717, 1.165) is 11.8 Å². The molecule has 1 N–H and O–H groups in total. The van der Waals surface area contributed by atoms with Crippen LogP contribution in [0.5, 0.6) is 0 Å². The Balaban J connectivity index is 2.83. The zero-order valence-corrected chi connectivity index (χ0v) is 10.9. The molecule has 0 spiro atoms. The second kappa shape index (κ2) is 5.62. The van der Waals surface area contributed by atoms with E-state index in [-0.39, 0.29) is 4.90 Å². The number of nitrogens with one attached hydrogen (secondary N) is 1. The molecule has 0 saturated heterocycles. The van der Waals surface area contributed by atoms with Gasteiger partial charge < -0.3 is 0 Å². The van der Waals surface area contributed by atoms with Crippen LogP contribution in [0.25, 0.3) is 0 Å². The molecule has 1 aromatic heterocycles. The summed E-state index contributed by atoms with van der Waals surface area (Å²) in [4.78, 5) is 0.221. The van der Waals surface area contributed by atoms with E-state index >= 15 is 0 Å². The number of nitrogens with zero attached hydrogens (tertiary/aromatic N) is 2. The minimum absolute atomic E-state index is 0.221. The Kier molecular flexibility index (Phi) is 4.75. The standard InChI is InChI=1S/C8H14BrN3O2S/c1-2-12(5-3-4-9)15(13,14)8-6-10-11-7-8/h6-7H,2-5H2,1H3,(H,10,11). The van der Waals surface area contributed by atoms with Gasteiger partial charge in [0.2, 0.25) is 10.0 Å². The smallest absolute Gasteiger partial charge is 0.246 e. The molecule has 0 bridgehead atoms. The third-order valence-corrected chi connectivity index (χ3v) is 4.51. The third kappa shape index (κ3) is 3.02. The molecular formula is C8H14BrN3O2S. The van der Waals surface area contributed by atoms with E-state index in [2.05, 4.69) is 26.1 Å². The second-order valence-corrected chi connectivity index (χ2v) is 5.70. The van der Waals surface area contributed by atoms with Gasteiger partial charge in [-0.2, -0.15) is 9.40 Å². The quantitative estimate of drug-likeness (QED) is 0.802. The first-order chi connectivity index (χ1) is 7.12. The summed E-state index contributed by atoms with van der Waals surface area (Å²) < 4.78 is 25.4. The SMILES string of the molecule is CCN(CCCBr)S(=O)(=O)c1cn[nH]c1. The molecule has 0 aromatic carbocycles. The van der Waals surface area contributed by atoms with Crippen LogP contribution < -0.4 is 0 Å². The third-order valence-electron chi connectivity index (χ3n) is 2.00. The fraction of sp³-hybridized carbons (Fsp3) is 0.625. The van der Waals surface area contributed by atoms with Crippen molar-refractivity contribution in [2.24, 2.45) is 0 Å². The summed E-state index contributed by atoms with van der Waals surface area (Å²) in [5.41, 5.74) is 0. The molecule has 86 valence electrons. The minimum Gasteiger partial charge on any atom is -0.284 e. The minimum atomic E-state index is -3.36. The van der Waals surface area contributed by atoms with Crippen LogP contribution in [0.1, 0.15) is 13.3 Å². The predicted octanol–water partition coefficient (Wildman–Crippen LogP) is 1.21. The van der Waals surface area contributed by atoms with Crippen molar-refractivity contribution in [1.82, 2.24) is 14.5 Å². The van der Waals surface area contributed by atoms with E-state index < -0.39 is 10.0 Å². The number of halogens is 1. The van der Waals surface area contributed by atoms with Crippen molar-refractivity contribution in [2.75, 3.05) is 18.4 Å². The van der Waals surface area contributed by atoms with Crippen LogP contribution in [0, 0.1) is 0 Å². The fourth-order valence-electron chi connectivity index (χ4n) is 1.21. The van der Waals surface area contributed by atoms with Gasteiger partial charge in [-0.3, -0.25) is 5.10 Å². The van der Waals surface area contributed by atoms with Gasteiger partial charge >= 0.3 is 0 Å². The molecule has 0 aliphatic rings. The van der Waals surface area contributed by atoms with Crippen LogP contribution in [-0.2, 0) is 10.0 Å². The molecule has 1 rings (SSSR count). The molecule has 0 atom stereocenters. The van der Waals surface area contributed by atoms with Gasteiger partial charge in [0.1, 0.15) is 4.90 Å². The molecule has 0 amide bonds. The largest absolute Gasteiger partial charge is 0.284 e. The molecule has 5 nitrogen and oxygen atoms in total. The highest BCUT2D eigenvalue weighted by molar-refractivity contribution is 9.09. The molecular weight excluding hydrogens is 282 g/mol. The van der Waals surface area contributed by atoms with E-state index in [1.165, 1.54) is 16.7 Å². The highest BCUT2D eigenvalue weighted by Gasteiger charge is 2.23. The van der Waals surface area contributed by atoms with Gasteiger partial charge in [0, 0.05) is 24.6 Å². The lowest BCUT2D eigenvalue weighted by Gasteiger charge is -2.18. The van der Waals surface area contributed by atoms with Crippen LogP contribution in [0.3, 0.4) is 0 Å². The second-order valence-electron chi connectivity index (χ2n) is 2.97. The summed E-state index contributed by atoms with van der Waals surface area (Å²) in [5.74, 6) is 0. The van der Waals surface area contributed by atoms with Crippen LogP contribution in [-0.4, -0.2) is 41.3 Å². The number of rotatable bonds is 6. The molecule has 0 aliphatic heterocycles. The number of aromatic amines is 1. The van der Waals surface area contributed by atoms with E-state index in [0.29, 0.717) is 13.1 Å². The number of hydrogen-bond acceptors (Lipinski definition) is 3. The Labute approximate surface area is 98.0 Å². The maximum Gasteiger partial charge on any atom is 0.246 e. The molecule has 7 heteroatoms. The Hall–Kier alpha value is -0.400. The van der Waals surface area contributed by atoms with Crippen molar-refractivity contribution in [3.63, 3.8) is 0 Å². The van der Waals surface area contributed by atoms with Crippen molar-refractivity contribution >= 4 is 26.0 Å². The van der Waals surface area contributed by atoms with Gasteiger partial charge in [0.05, 0.1) is 6.20 Å². The summed E-state index contributed by atoms with van der Waals surface area (Å²) in [6.45, 7) is 2.82. The first-order valence-electron chi connectivity index (χ1n) is 4.67. The maximum atomic E-state index is 12.0. The Morgan fingerprint density at radius 3 is 2.80 bits per heavy atom. The average Bonchev–Trinajstić information content (AvgIpc) is 2.72. The van der Waals surface area contributed by atoms with Crippen molar-refractivity contribution in [3.05, 3.63) is 12.4 Å². The number of sulfonamides is 1. The molecule has 0 radical (unpaired) electrons. The monoisotopic (exact) mass is 295 g/mol. The van der Waals surface area contributed by atoms with Crippen molar-refractivity contribution in [2.45, 2.75) is 18.2 Å². The zero-order valence-electron chi connectivity index (χ0n) is 8.48. The van der Waals surface area contributed by atoms with E-state index in [1.54, 1.807) is 0 Å². The summed E-state index contributed by atoms with van der Waals surface area (Å²) in [6.07, 6.45) is 3.52. The van der Waals surface area contributed by atoms with Gasteiger partial charge in [-0.25, -0.2) is 8.42 Å². The fourth-order valence-corrected chi connectivity index (χ4v) is 2.86. The molecule has 1 aromatic rings. The van der Waals surface area contributed by atoms with Gasteiger partial charge in [-0.15, -0.1) is 0 Å². The normalized spacial score (nSPS) is 12.2. The Morgan fingerprint density at radius 2 is 2.33 bits per heavy atom. The van der Waals surface area contributed by atoms with Crippen LogP contribution >= 0.6 is 15.9 Å². The number of hydrogen-bond donors (Lipinski definition) is 1. The summed E-state index contributed by atoms with van der Waals surface area (Å²) >= 11 is 3.28. The molecule has 0 unspecified atom stereocenters. The lowest BCUT2D eigenvalue weighted by Crippen LogP contribution is -2.31. The van der Waals surface area contributed by atoms with Crippen LogP contribution in [0.15, 0.2) is 17.3 Å². The van der Waals surface area contributed by atoms with E-state index in [9.17, 15) is 8.42 Å². The molecule has 0 fully saturated rings. The summed E-state index contributed by atoms with van der Waals surface area (Å²) in [7, 11) is -3.36. The number of alkyl halides is 1. The van der Waals surface area contributed by atoms with Crippen LogP contribution in [0.4, 0.5) is 0 Å². The lowest BCUT2D eigenvalue weighted by atomic mass is 10.5. The maximum absolute atomic E-state index is 12.0. The first kappa shape index (κ1) is 12.7. The predicted molar refractivity (Wildman–Crippen MR) is 61.4 cm³/mol. The van der Waals surface area contributed by atoms with Gasteiger partial charge in [0.25, 0.3) is 0 Å². The first-order valence-corrected chi connectivity index (χ1v) is 7.24. The van der Waals surface area contributed by atoms with Gasteiger partial charge in [-0.1, -0.05) is 22.9 Å². The Morgan fingerprint density at radius 1 is 1.60 bits per heavy atom. The topological polar surface area (TPSA) is 66.1 Å². The number of H-pyrrole nitrogens is 1. The zero-order chi connectivity index (χ0) is 11.3. The molecule has 15 heavy (non-hydrogen) atoms. The van der Waals surface area contributed by atoms with Crippen molar-refractivity contribution in [1.29, 1.82) is 0 Å². The highest BCUT2D eigenvalue weighted by Crippen LogP contribution is 2.13. The van der Waals surface area contributed by atoms with E-state index in [4.69, 9.17) is 0 Å². The van der Waals surface area contributed by atoms with Crippen molar-refractivity contribution in [3.8, 4) is 0 Å². The molecule has 1 heterocycles. The summed E-state index contributed by atoms with van der Waals surface area (Å²) in [5, 5.41) is 6.95. The molecule has 0 saturated carbocycles. The van der Waals surface area contributed by atoms with Gasteiger partial charge in [0.15, 0.2) is 0 Å².